The summed E-state index contributed by atoms with van der Waals surface area (Å²) in [5.74, 6) is 0. The van der Waals surface area contributed by atoms with E-state index in [1.54, 1.807) is 22.9 Å². The van der Waals surface area contributed by atoms with Crippen molar-refractivity contribution in [1.29, 1.82) is 0 Å². The second kappa shape index (κ2) is 7.77. The van der Waals surface area contributed by atoms with Crippen molar-refractivity contribution in [3.05, 3.63) is 41.2 Å². The smallest absolute Gasteiger partial charge is 0.340 e. The van der Waals surface area contributed by atoms with Gasteiger partial charge in [-0.05, 0) is 30.9 Å². The third-order valence-electron chi connectivity index (χ3n) is 4.42. The molecule has 9 heteroatoms. The molecule has 1 fully saturated rings. The fourth-order valence-electron chi connectivity index (χ4n) is 3.07. The maximum atomic E-state index is 12.6. The zero-order valence-corrected chi connectivity index (χ0v) is 15.3. The Hall–Kier alpha value is -1.90. The highest BCUT2D eigenvalue weighted by atomic mass is 32.2. The molecular formula is C17H21F3N4OS. The van der Waals surface area contributed by atoms with E-state index < -0.39 is 12.6 Å². The molecular weight excluding hydrogens is 365 g/mol. The average molecular weight is 386 g/mol. The highest BCUT2D eigenvalue weighted by molar-refractivity contribution is 8.02. The number of alkyl halides is 3. The van der Waals surface area contributed by atoms with Gasteiger partial charge in [-0.15, -0.1) is 0 Å². The number of rotatable bonds is 6. The van der Waals surface area contributed by atoms with Gasteiger partial charge in [0.15, 0.2) is 5.50 Å². The molecule has 2 aliphatic heterocycles. The predicted octanol–water partition coefficient (Wildman–Crippen LogP) is 3.86. The number of aromatic nitrogens is 1. The third-order valence-corrected chi connectivity index (χ3v) is 5.65. The Bertz CT molecular complexity index is 668. The predicted molar refractivity (Wildman–Crippen MR) is 93.9 cm³/mol. The Morgan fingerprint density at radius 2 is 2.12 bits per heavy atom. The maximum absolute atomic E-state index is 12.6. The Balaban J connectivity index is 1.60. The van der Waals surface area contributed by atoms with Crippen LogP contribution in [0.4, 0.5) is 18.0 Å². The lowest BCUT2D eigenvalue weighted by Crippen LogP contribution is -2.45. The van der Waals surface area contributed by atoms with E-state index in [0.717, 1.165) is 11.4 Å². The van der Waals surface area contributed by atoms with Crippen molar-refractivity contribution >= 4 is 17.8 Å². The van der Waals surface area contributed by atoms with Crippen LogP contribution in [0.25, 0.3) is 0 Å². The van der Waals surface area contributed by atoms with Gasteiger partial charge in [-0.1, -0.05) is 17.8 Å². The summed E-state index contributed by atoms with van der Waals surface area (Å²) in [6.07, 6.45) is -3.36. The Morgan fingerprint density at radius 3 is 2.81 bits per heavy atom. The monoisotopic (exact) mass is 386 g/mol. The van der Waals surface area contributed by atoms with Gasteiger partial charge < -0.3 is 9.80 Å². The van der Waals surface area contributed by atoms with E-state index in [9.17, 15) is 18.0 Å². The van der Waals surface area contributed by atoms with E-state index in [4.69, 9.17) is 0 Å². The molecule has 5 nitrogen and oxygen atoms in total. The molecule has 1 saturated heterocycles. The molecule has 2 amide bonds. The van der Waals surface area contributed by atoms with Gasteiger partial charge in [0.05, 0.1) is 12.2 Å². The van der Waals surface area contributed by atoms with Crippen LogP contribution in [0, 0.1) is 0 Å². The van der Waals surface area contributed by atoms with E-state index >= 15 is 0 Å². The molecule has 1 atom stereocenters. The van der Waals surface area contributed by atoms with Crippen LogP contribution in [-0.4, -0.2) is 57.0 Å². The largest absolute Gasteiger partial charge is 0.389 e. The van der Waals surface area contributed by atoms with Crippen LogP contribution in [0.15, 0.2) is 35.5 Å². The van der Waals surface area contributed by atoms with E-state index in [2.05, 4.69) is 9.88 Å². The molecule has 3 heterocycles. The lowest BCUT2D eigenvalue weighted by Gasteiger charge is -2.33. The average Bonchev–Trinajstić information content (AvgIpc) is 3.11. The number of carbonyl (C=O) groups is 1. The van der Waals surface area contributed by atoms with Crippen LogP contribution in [-0.2, 0) is 6.54 Å². The Labute approximate surface area is 154 Å². The molecule has 3 rings (SSSR count). The summed E-state index contributed by atoms with van der Waals surface area (Å²) in [5, 5.41) is 2.01. The van der Waals surface area contributed by atoms with E-state index in [0.29, 0.717) is 19.6 Å². The summed E-state index contributed by atoms with van der Waals surface area (Å²) in [6, 6.07) is 5.51. The number of hydrogen-bond acceptors (Lipinski definition) is 4. The first-order valence-corrected chi connectivity index (χ1v) is 9.40. The summed E-state index contributed by atoms with van der Waals surface area (Å²) < 4.78 is 36.9. The fraction of sp³-hybridized carbons (Fsp3) is 0.529. The Morgan fingerprint density at radius 1 is 1.31 bits per heavy atom. The van der Waals surface area contributed by atoms with Gasteiger partial charge in [-0.3, -0.25) is 9.88 Å². The summed E-state index contributed by atoms with van der Waals surface area (Å²) >= 11 is 1.54. The van der Waals surface area contributed by atoms with Crippen LogP contribution in [0.5, 0.6) is 0 Å². The van der Waals surface area contributed by atoms with Crippen molar-refractivity contribution in [1.82, 2.24) is 19.7 Å². The molecule has 0 saturated carbocycles. The molecule has 2 aliphatic rings. The van der Waals surface area contributed by atoms with Crippen molar-refractivity contribution in [3.63, 3.8) is 0 Å². The van der Waals surface area contributed by atoms with Crippen molar-refractivity contribution in [2.24, 2.45) is 0 Å². The van der Waals surface area contributed by atoms with Crippen LogP contribution in [0.3, 0.4) is 0 Å². The molecule has 1 unspecified atom stereocenters. The molecule has 0 aromatic carbocycles. The topological polar surface area (TPSA) is 39.7 Å². The number of hydrogen-bond donors (Lipinski definition) is 0. The first-order valence-electron chi connectivity index (χ1n) is 8.46. The van der Waals surface area contributed by atoms with Crippen LogP contribution in [0.2, 0.25) is 0 Å². The number of amides is 2. The van der Waals surface area contributed by atoms with Gasteiger partial charge in [0.1, 0.15) is 0 Å². The lowest BCUT2D eigenvalue weighted by atomic mass is 10.3. The zero-order valence-electron chi connectivity index (χ0n) is 14.4. The normalized spacial score (nSPS) is 20.9. The highest BCUT2D eigenvalue weighted by Crippen LogP contribution is 2.36. The van der Waals surface area contributed by atoms with Crippen LogP contribution >= 0.6 is 11.8 Å². The van der Waals surface area contributed by atoms with Gasteiger partial charge in [0, 0.05) is 37.9 Å². The standard InChI is InChI=1S/C17H21F3N4OS/c1-13-12-26-16(24(13)11-14-5-2-3-7-21-14)23-10-9-22(15(23)25)8-4-6-17(18,19)20/h2-3,5,7,12,16H,4,6,8-11H2,1H3. The van der Waals surface area contributed by atoms with Crippen molar-refractivity contribution in [2.75, 3.05) is 19.6 Å². The quantitative estimate of drug-likeness (QED) is 0.744. The number of allylic oxidation sites excluding steroid dienone is 1. The van der Waals surface area contributed by atoms with Gasteiger partial charge in [-0.2, -0.15) is 13.2 Å². The van der Waals surface area contributed by atoms with Crippen molar-refractivity contribution in [3.8, 4) is 0 Å². The summed E-state index contributed by atoms with van der Waals surface area (Å²) in [5.41, 5.74) is 1.77. The first kappa shape index (κ1) is 18.9. The van der Waals surface area contributed by atoms with E-state index in [1.807, 2.05) is 30.5 Å². The number of thioether (sulfide) groups is 1. The minimum atomic E-state index is -4.18. The number of urea groups is 1. The highest BCUT2D eigenvalue weighted by Gasteiger charge is 2.39. The molecule has 26 heavy (non-hydrogen) atoms. The van der Waals surface area contributed by atoms with Gasteiger partial charge in [0.2, 0.25) is 0 Å². The number of carbonyl (C=O) groups excluding carboxylic acids is 1. The number of halogens is 3. The molecule has 0 radical (unpaired) electrons. The SMILES string of the molecule is CC1=CSC(N2CCN(CCCC(F)(F)F)C2=O)N1Cc1ccccn1. The number of nitrogens with zero attached hydrogens (tertiary/aromatic N) is 4. The van der Waals surface area contributed by atoms with E-state index in [-0.39, 0.29) is 24.5 Å². The fourth-order valence-corrected chi connectivity index (χ4v) is 4.25. The lowest BCUT2D eigenvalue weighted by molar-refractivity contribution is -0.135. The van der Waals surface area contributed by atoms with Gasteiger partial charge >= 0.3 is 12.2 Å². The van der Waals surface area contributed by atoms with E-state index in [1.165, 1.54) is 4.90 Å². The molecule has 0 aliphatic carbocycles. The van der Waals surface area contributed by atoms with Crippen molar-refractivity contribution < 1.29 is 18.0 Å². The minimum Gasteiger partial charge on any atom is -0.340 e. The molecule has 142 valence electrons. The first-order chi connectivity index (χ1) is 12.3. The molecule has 0 bridgehead atoms. The molecule has 0 N–H and O–H groups in total. The summed E-state index contributed by atoms with van der Waals surface area (Å²) in [4.78, 5) is 22.3. The zero-order chi connectivity index (χ0) is 18.7. The maximum Gasteiger partial charge on any atom is 0.389 e. The van der Waals surface area contributed by atoms with Crippen LogP contribution < -0.4 is 0 Å². The number of pyridine rings is 1. The minimum absolute atomic E-state index is 0.0597. The van der Waals surface area contributed by atoms with Crippen molar-refractivity contribution in [2.45, 2.75) is 38.0 Å². The second-order valence-corrected chi connectivity index (χ2v) is 7.28. The molecule has 1 aromatic rings. The van der Waals surface area contributed by atoms with Crippen LogP contribution in [0.1, 0.15) is 25.5 Å². The molecule has 0 spiro atoms. The molecule has 1 aromatic heterocycles. The second-order valence-electron chi connectivity index (χ2n) is 6.35. The summed E-state index contributed by atoms with van der Waals surface area (Å²) in [6.45, 7) is 3.68. The third kappa shape index (κ3) is 4.44. The Kier molecular flexibility index (Phi) is 5.64. The van der Waals surface area contributed by atoms with Gasteiger partial charge in [0.25, 0.3) is 0 Å². The summed E-state index contributed by atoms with van der Waals surface area (Å²) in [7, 11) is 0. The van der Waals surface area contributed by atoms with Gasteiger partial charge in [-0.25, -0.2) is 4.79 Å².